The lowest BCUT2D eigenvalue weighted by atomic mass is 9.84. The zero-order valence-electron chi connectivity index (χ0n) is 18.9. The second-order valence-corrected chi connectivity index (χ2v) is 11.3. The Kier molecular flexibility index (Phi) is 6.86. The van der Waals surface area contributed by atoms with Gasteiger partial charge in [0.15, 0.2) is 9.84 Å². The van der Waals surface area contributed by atoms with E-state index in [2.05, 4.69) is 5.32 Å². The summed E-state index contributed by atoms with van der Waals surface area (Å²) in [7, 11) is -3.07. The Balaban J connectivity index is 1.61. The van der Waals surface area contributed by atoms with Crippen molar-refractivity contribution < 1.29 is 18.0 Å². The molecule has 1 N–H and O–H groups in total. The number of carbonyl (C=O) groups excluding carboxylic acids is 2. The number of urea groups is 1. The van der Waals surface area contributed by atoms with Crippen LogP contribution in [-0.4, -0.2) is 66.5 Å². The summed E-state index contributed by atoms with van der Waals surface area (Å²) < 4.78 is 24.1. The molecule has 2 aromatic rings. The smallest absolute Gasteiger partial charge is 0.322 e. The Labute approximate surface area is 195 Å². The molecule has 0 saturated carbocycles. The number of nitrogens with one attached hydrogen (secondary N) is 1. The third kappa shape index (κ3) is 5.28. The molecule has 0 spiro atoms. The van der Waals surface area contributed by atoms with E-state index >= 15 is 0 Å². The van der Waals surface area contributed by atoms with E-state index in [1.54, 1.807) is 0 Å². The highest BCUT2D eigenvalue weighted by atomic mass is 32.2. The van der Waals surface area contributed by atoms with Crippen LogP contribution in [0.3, 0.4) is 0 Å². The highest BCUT2D eigenvalue weighted by molar-refractivity contribution is 7.91. The predicted molar refractivity (Wildman–Crippen MR) is 127 cm³/mol. The summed E-state index contributed by atoms with van der Waals surface area (Å²) in [6.07, 6.45) is 2.11. The molecule has 0 unspecified atom stereocenters. The molecule has 3 amide bonds. The van der Waals surface area contributed by atoms with Crippen molar-refractivity contribution in [2.24, 2.45) is 0 Å². The monoisotopic (exact) mass is 469 g/mol. The fourth-order valence-corrected chi connectivity index (χ4v) is 6.66. The van der Waals surface area contributed by atoms with E-state index < -0.39 is 21.4 Å². The topological polar surface area (TPSA) is 86.8 Å². The normalized spacial score (nSPS) is 21.5. The molecule has 7 nitrogen and oxygen atoms in total. The van der Waals surface area contributed by atoms with Gasteiger partial charge in [0.05, 0.1) is 18.2 Å². The maximum absolute atomic E-state index is 13.8. The Morgan fingerprint density at radius 1 is 1.00 bits per heavy atom. The van der Waals surface area contributed by atoms with E-state index in [4.69, 9.17) is 0 Å². The summed E-state index contributed by atoms with van der Waals surface area (Å²) in [5.74, 6) is -0.0260. The van der Waals surface area contributed by atoms with Gasteiger partial charge in [0.25, 0.3) is 5.91 Å². The van der Waals surface area contributed by atoms with Gasteiger partial charge in [-0.25, -0.2) is 18.1 Å². The number of amides is 3. The molecule has 2 aliphatic rings. The molecule has 2 fully saturated rings. The molecule has 1 atom stereocenters. The predicted octanol–water partition coefficient (Wildman–Crippen LogP) is 2.62. The van der Waals surface area contributed by atoms with Crippen LogP contribution in [0.4, 0.5) is 4.79 Å². The second kappa shape index (κ2) is 9.65. The van der Waals surface area contributed by atoms with Crippen LogP contribution in [0.15, 0.2) is 60.7 Å². The van der Waals surface area contributed by atoms with E-state index in [9.17, 15) is 18.0 Å². The second-order valence-electron chi connectivity index (χ2n) is 9.08. The van der Waals surface area contributed by atoms with Crippen LogP contribution in [0.2, 0.25) is 0 Å². The number of rotatable bonds is 9. The lowest BCUT2D eigenvalue weighted by Gasteiger charge is -2.32. The fourth-order valence-electron chi connectivity index (χ4n) is 4.90. The third-order valence-corrected chi connectivity index (χ3v) is 8.25. The van der Waals surface area contributed by atoms with Crippen molar-refractivity contribution in [2.75, 3.05) is 24.7 Å². The van der Waals surface area contributed by atoms with Gasteiger partial charge in [0.2, 0.25) is 0 Å². The summed E-state index contributed by atoms with van der Waals surface area (Å²) in [6.45, 7) is 2.74. The van der Waals surface area contributed by atoms with E-state index in [1.165, 1.54) is 4.90 Å². The highest BCUT2D eigenvalue weighted by Gasteiger charge is 2.51. The lowest BCUT2D eigenvalue weighted by Crippen LogP contribution is -2.52. The molecular weight excluding hydrogens is 438 g/mol. The maximum Gasteiger partial charge on any atom is 0.326 e. The number of hydrogen-bond acceptors (Lipinski definition) is 5. The summed E-state index contributed by atoms with van der Waals surface area (Å²) in [5.41, 5.74) is 0.854. The van der Waals surface area contributed by atoms with Gasteiger partial charge in [-0.3, -0.25) is 9.69 Å². The molecule has 0 aliphatic carbocycles. The van der Waals surface area contributed by atoms with Crippen molar-refractivity contribution in [1.82, 2.24) is 15.1 Å². The average Bonchev–Trinajstić information content (AvgIpc) is 3.26. The number of hydrogen-bond donors (Lipinski definition) is 1. The van der Waals surface area contributed by atoms with E-state index in [0.29, 0.717) is 25.8 Å². The summed E-state index contributed by atoms with van der Waals surface area (Å²) in [5, 5.41) is 3.01. The molecular formula is C25H31N3O4S. The van der Waals surface area contributed by atoms with Gasteiger partial charge >= 0.3 is 6.03 Å². The standard InChI is InChI=1S/C25H31N3O4S/c1-2-14-27(22-13-15-33(31,32)18-22)19-28-23(29)25(26-24(28)30,16-20-9-5-3-6-10-20)17-21-11-7-4-8-12-21/h3-12,22H,2,13-19H2,1H3,(H,26,30)/t22-/m1/s1. The largest absolute Gasteiger partial charge is 0.326 e. The molecule has 4 rings (SSSR count). The van der Waals surface area contributed by atoms with Gasteiger partial charge < -0.3 is 5.32 Å². The Morgan fingerprint density at radius 3 is 2.06 bits per heavy atom. The molecule has 0 radical (unpaired) electrons. The van der Waals surface area contributed by atoms with E-state index in [0.717, 1.165) is 17.5 Å². The van der Waals surface area contributed by atoms with Crippen LogP contribution in [0.25, 0.3) is 0 Å². The van der Waals surface area contributed by atoms with Crippen molar-refractivity contribution in [2.45, 2.75) is 44.2 Å². The van der Waals surface area contributed by atoms with Crippen molar-refractivity contribution in [3.8, 4) is 0 Å². The number of nitrogens with zero attached hydrogens (tertiary/aromatic N) is 2. The lowest BCUT2D eigenvalue weighted by molar-refractivity contribution is -0.133. The minimum Gasteiger partial charge on any atom is -0.322 e. The van der Waals surface area contributed by atoms with Crippen LogP contribution in [-0.2, 0) is 27.5 Å². The molecule has 0 aromatic heterocycles. The number of benzene rings is 2. The minimum atomic E-state index is -3.07. The first-order valence-corrected chi connectivity index (χ1v) is 13.3. The first-order chi connectivity index (χ1) is 15.8. The zero-order chi connectivity index (χ0) is 23.5. The molecule has 0 bridgehead atoms. The molecule has 8 heteroatoms. The van der Waals surface area contributed by atoms with Crippen molar-refractivity contribution in [3.63, 3.8) is 0 Å². The number of sulfone groups is 1. The number of carbonyl (C=O) groups is 2. The Hall–Kier alpha value is -2.71. The first-order valence-electron chi connectivity index (χ1n) is 11.5. The van der Waals surface area contributed by atoms with Crippen molar-refractivity contribution in [1.29, 1.82) is 0 Å². The summed E-state index contributed by atoms with van der Waals surface area (Å²) >= 11 is 0. The molecule has 176 valence electrons. The van der Waals surface area contributed by atoms with Gasteiger partial charge in [-0.15, -0.1) is 0 Å². The van der Waals surface area contributed by atoms with Crippen LogP contribution < -0.4 is 5.32 Å². The average molecular weight is 470 g/mol. The molecule has 2 heterocycles. The molecule has 2 aromatic carbocycles. The fraction of sp³-hybridized carbons (Fsp3) is 0.440. The summed E-state index contributed by atoms with van der Waals surface area (Å²) in [4.78, 5) is 30.2. The Bertz CT molecular complexity index is 1050. The van der Waals surface area contributed by atoms with Crippen LogP contribution in [0.1, 0.15) is 30.9 Å². The van der Waals surface area contributed by atoms with Gasteiger partial charge in [-0.05, 0) is 30.5 Å². The maximum atomic E-state index is 13.8. The zero-order valence-corrected chi connectivity index (χ0v) is 19.8. The van der Waals surface area contributed by atoms with Crippen molar-refractivity contribution >= 4 is 21.8 Å². The SMILES string of the molecule is CCCN(CN1C(=O)NC(Cc2ccccc2)(Cc2ccccc2)C1=O)[C@@H]1CCS(=O)(=O)C1. The Morgan fingerprint density at radius 2 is 1.58 bits per heavy atom. The van der Waals surface area contributed by atoms with Gasteiger partial charge in [0.1, 0.15) is 5.54 Å². The highest BCUT2D eigenvalue weighted by Crippen LogP contribution is 2.28. The van der Waals surface area contributed by atoms with Crippen molar-refractivity contribution in [3.05, 3.63) is 71.8 Å². The van der Waals surface area contributed by atoms with Gasteiger partial charge in [-0.2, -0.15) is 0 Å². The van der Waals surface area contributed by atoms with Crippen LogP contribution >= 0.6 is 0 Å². The first kappa shape index (κ1) is 23.4. The molecule has 33 heavy (non-hydrogen) atoms. The summed E-state index contributed by atoms with van der Waals surface area (Å²) in [6, 6.07) is 18.8. The quantitative estimate of drug-likeness (QED) is 0.571. The van der Waals surface area contributed by atoms with E-state index in [-0.39, 0.29) is 30.1 Å². The molecule has 2 aliphatic heterocycles. The van der Waals surface area contributed by atoms with Crippen LogP contribution in [0, 0.1) is 0 Å². The van der Waals surface area contributed by atoms with Crippen LogP contribution in [0.5, 0.6) is 0 Å². The third-order valence-electron chi connectivity index (χ3n) is 6.50. The van der Waals surface area contributed by atoms with E-state index in [1.807, 2.05) is 72.5 Å². The number of imide groups is 1. The van der Waals surface area contributed by atoms with Gasteiger partial charge in [-0.1, -0.05) is 67.6 Å². The van der Waals surface area contributed by atoms with Gasteiger partial charge in [0, 0.05) is 18.9 Å². The molecule has 2 saturated heterocycles. The minimum absolute atomic E-state index is 0.0792.